The molecule has 0 aliphatic heterocycles. The van der Waals surface area contributed by atoms with E-state index in [1.165, 1.54) is 16.3 Å². The van der Waals surface area contributed by atoms with E-state index in [2.05, 4.69) is 57.6 Å². The Morgan fingerprint density at radius 2 is 1.50 bits per heavy atom. The molecule has 2 aromatic rings. The Bertz CT molecular complexity index is 572. The molecule has 2 rings (SSSR count). The van der Waals surface area contributed by atoms with Gasteiger partial charge in [-0.15, -0.1) is 0 Å². The fourth-order valence-corrected chi connectivity index (χ4v) is 2.07. The van der Waals surface area contributed by atoms with Gasteiger partial charge in [0, 0.05) is 40.5 Å². The smallest absolute Gasteiger partial charge is 0.0464 e. The molecule has 0 radical (unpaired) electrons. The first-order valence-corrected chi connectivity index (χ1v) is 6.44. The van der Waals surface area contributed by atoms with Crippen molar-refractivity contribution in [1.82, 2.24) is 9.97 Å². The maximum Gasteiger partial charge on any atom is 0.0464 e. The van der Waals surface area contributed by atoms with Crippen molar-refractivity contribution >= 4 is 10.8 Å². The van der Waals surface area contributed by atoms with Crippen molar-refractivity contribution < 1.29 is 0 Å². The van der Waals surface area contributed by atoms with Crippen molar-refractivity contribution in [3.05, 3.63) is 35.9 Å². The standard InChI is InChI=1S/C16H22N2/c1-15(2,3)13-10-17-8-11-7-14(16(4,5)6)18-9-12(11)13/h7-10H,1-6H3. The van der Waals surface area contributed by atoms with Crippen molar-refractivity contribution in [2.24, 2.45) is 0 Å². The van der Waals surface area contributed by atoms with Crippen molar-refractivity contribution in [3.63, 3.8) is 0 Å². The number of hydrogen-bond donors (Lipinski definition) is 0. The lowest BCUT2D eigenvalue weighted by Crippen LogP contribution is -2.15. The van der Waals surface area contributed by atoms with Crippen LogP contribution in [-0.2, 0) is 10.8 Å². The Morgan fingerprint density at radius 1 is 0.833 bits per heavy atom. The third-order valence-electron chi connectivity index (χ3n) is 3.22. The normalized spacial score (nSPS) is 13.0. The Kier molecular flexibility index (Phi) is 2.92. The molecule has 2 heterocycles. The van der Waals surface area contributed by atoms with Gasteiger partial charge in [0.1, 0.15) is 0 Å². The molecule has 2 aromatic heterocycles. The Morgan fingerprint density at radius 3 is 2.06 bits per heavy atom. The van der Waals surface area contributed by atoms with E-state index in [1.54, 1.807) is 0 Å². The zero-order valence-corrected chi connectivity index (χ0v) is 12.2. The molecule has 0 aliphatic rings. The predicted octanol–water partition coefficient (Wildman–Crippen LogP) is 4.22. The van der Waals surface area contributed by atoms with Crippen LogP contribution in [-0.4, -0.2) is 9.97 Å². The first kappa shape index (κ1) is 13.0. The van der Waals surface area contributed by atoms with Gasteiger partial charge in [0.05, 0.1) is 0 Å². The highest BCUT2D eigenvalue weighted by atomic mass is 14.7. The average molecular weight is 242 g/mol. The van der Waals surface area contributed by atoms with Crippen LogP contribution in [0.4, 0.5) is 0 Å². The Balaban J connectivity index is 2.68. The molecule has 18 heavy (non-hydrogen) atoms. The van der Waals surface area contributed by atoms with Gasteiger partial charge in [-0.1, -0.05) is 41.5 Å². The van der Waals surface area contributed by atoms with Crippen LogP contribution in [0, 0.1) is 0 Å². The third-order valence-corrected chi connectivity index (χ3v) is 3.22. The molecule has 2 nitrogen and oxygen atoms in total. The summed E-state index contributed by atoms with van der Waals surface area (Å²) in [5.74, 6) is 0. The summed E-state index contributed by atoms with van der Waals surface area (Å²) in [6.07, 6.45) is 5.89. The van der Waals surface area contributed by atoms with E-state index in [0.29, 0.717) is 0 Å². The van der Waals surface area contributed by atoms with Gasteiger partial charge in [-0.2, -0.15) is 0 Å². The quantitative estimate of drug-likeness (QED) is 0.691. The van der Waals surface area contributed by atoms with Crippen molar-refractivity contribution in [2.45, 2.75) is 52.4 Å². The lowest BCUT2D eigenvalue weighted by atomic mass is 9.84. The number of aromatic nitrogens is 2. The molecule has 0 atom stereocenters. The lowest BCUT2D eigenvalue weighted by molar-refractivity contribution is 0.569. The lowest BCUT2D eigenvalue weighted by Gasteiger charge is -2.22. The van der Waals surface area contributed by atoms with Crippen LogP contribution in [0.2, 0.25) is 0 Å². The molecule has 96 valence electrons. The van der Waals surface area contributed by atoms with Crippen molar-refractivity contribution in [1.29, 1.82) is 0 Å². The molecule has 0 saturated heterocycles. The minimum Gasteiger partial charge on any atom is -0.264 e. The number of rotatable bonds is 0. The fourth-order valence-electron chi connectivity index (χ4n) is 2.07. The summed E-state index contributed by atoms with van der Waals surface area (Å²) in [5.41, 5.74) is 2.54. The fraction of sp³-hybridized carbons (Fsp3) is 0.500. The second-order valence-electron chi connectivity index (χ2n) is 6.98. The first-order valence-electron chi connectivity index (χ1n) is 6.44. The van der Waals surface area contributed by atoms with Gasteiger partial charge in [-0.3, -0.25) is 9.97 Å². The molecular formula is C16H22N2. The summed E-state index contributed by atoms with van der Waals surface area (Å²) in [4.78, 5) is 9.00. The van der Waals surface area contributed by atoms with E-state index in [1.807, 2.05) is 18.6 Å². The summed E-state index contributed by atoms with van der Waals surface area (Å²) in [6.45, 7) is 13.2. The monoisotopic (exact) mass is 242 g/mol. The molecule has 0 spiro atoms. The zero-order chi connectivity index (χ0) is 13.6. The van der Waals surface area contributed by atoms with E-state index in [9.17, 15) is 0 Å². The molecule has 0 saturated carbocycles. The van der Waals surface area contributed by atoms with Crippen LogP contribution in [0.15, 0.2) is 24.7 Å². The third kappa shape index (κ3) is 2.38. The van der Waals surface area contributed by atoms with E-state index < -0.39 is 0 Å². The summed E-state index contributed by atoms with van der Waals surface area (Å²) in [6, 6.07) is 2.16. The summed E-state index contributed by atoms with van der Waals surface area (Å²) < 4.78 is 0. The SMILES string of the molecule is CC(C)(C)c1cc2cncc(C(C)(C)C)c2cn1. The van der Waals surface area contributed by atoms with Gasteiger partial charge in [0.15, 0.2) is 0 Å². The summed E-state index contributed by atoms with van der Waals surface area (Å²) in [5, 5.41) is 2.40. The van der Waals surface area contributed by atoms with Crippen LogP contribution in [0.5, 0.6) is 0 Å². The Labute approximate surface area is 109 Å². The highest BCUT2D eigenvalue weighted by Gasteiger charge is 2.20. The molecule has 0 unspecified atom stereocenters. The van der Waals surface area contributed by atoms with E-state index in [4.69, 9.17) is 0 Å². The summed E-state index contributed by atoms with van der Waals surface area (Å²) >= 11 is 0. The largest absolute Gasteiger partial charge is 0.264 e. The van der Waals surface area contributed by atoms with Crippen LogP contribution >= 0.6 is 0 Å². The number of nitrogens with zero attached hydrogens (tertiary/aromatic N) is 2. The second-order valence-corrected chi connectivity index (χ2v) is 6.98. The average Bonchev–Trinajstić information content (AvgIpc) is 2.25. The molecular weight excluding hydrogens is 220 g/mol. The predicted molar refractivity (Wildman–Crippen MR) is 76.9 cm³/mol. The van der Waals surface area contributed by atoms with E-state index >= 15 is 0 Å². The number of hydrogen-bond acceptors (Lipinski definition) is 2. The maximum atomic E-state index is 4.62. The van der Waals surface area contributed by atoms with Crippen LogP contribution in [0.1, 0.15) is 52.8 Å². The topological polar surface area (TPSA) is 25.8 Å². The molecule has 0 fully saturated rings. The minimum absolute atomic E-state index is 0.0753. The maximum absolute atomic E-state index is 4.62. The molecule has 0 aromatic carbocycles. The van der Waals surface area contributed by atoms with Gasteiger partial charge in [0.2, 0.25) is 0 Å². The van der Waals surface area contributed by atoms with Crippen molar-refractivity contribution in [2.75, 3.05) is 0 Å². The van der Waals surface area contributed by atoms with E-state index in [0.717, 1.165) is 5.69 Å². The van der Waals surface area contributed by atoms with Gasteiger partial charge in [0.25, 0.3) is 0 Å². The molecule has 0 N–H and O–H groups in total. The molecule has 0 aliphatic carbocycles. The van der Waals surface area contributed by atoms with Crippen LogP contribution < -0.4 is 0 Å². The molecule has 2 heteroatoms. The first-order chi connectivity index (χ1) is 8.19. The zero-order valence-electron chi connectivity index (χ0n) is 12.2. The van der Waals surface area contributed by atoms with Crippen LogP contribution in [0.3, 0.4) is 0 Å². The highest BCUT2D eigenvalue weighted by molar-refractivity contribution is 5.85. The van der Waals surface area contributed by atoms with Gasteiger partial charge < -0.3 is 0 Å². The number of pyridine rings is 2. The van der Waals surface area contributed by atoms with E-state index in [-0.39, 0.29) is 10.8 Å². The van der Waals surface area contributed by atoms with Crippen LogP contribution in [0.25, 0.3) is 10.8 Å². The molecule has 0 bridgehead atoms. The molecule has 0 amide bonds. The van der Waals surface area contributed by atoms with Gasteiger partial charge >= 0.3 is 0 Å². The summed E-state index contributed by atoms with van der Waals surface area (Å²) in [7, 11) is 0. The van der Waals surface area contributed by atoms with Gasteiger partial charge in [-0.25, -0.2) is 0 Å². The van der Waals surface area contributed by atoms with Gasteiger partial charge in [-0.05, 0) is 17.0 Å². The van der Waals surface area contributed by atoms with Crippen molar-refractivity contribution in [3.8, 4) is 0 Å². The highest BCUT2D eigenvalue weighted by Crippen LogP contribution is 2.30. The number of fused-ring (bicyclic) bond motifs is 1. The minimum atomic E-state index is 0.0753. The second kappa shape index (κ2) is 4.04. The Hall–Kier alpha value is -1.44.